The number of hydrogen-bond acceptors (Lipinski definition) is 10. The number of anilines is 3. The Hall–Kier alpha value is -6.72. The summed E-state index contributed by atoms with van der Waals surface area (Å²) in [6.45, 7) is 2.53. The van der Waals surface area contributed by atoms with Crippen LogP contribution in [0.15, 0.2) is 140 Å². The molecular formula is C51H40N4O3S3. The van der Waals surface area contributed by atoms with Gasteiger partial charge in [0.1, 0.15) is 20.8 Å². The second-order valence-corrected chi connectivity index (χ2v) is 17.2. The molecular weight excluding hydrogens is 813 g/mol. The van der Waals surface area contributed by atoms with Crippen molar-refractivity contribution in [1.82, 2.24) is 15.0 Å². The summed E-state index contributed by atoms with van der Waals surface area (Å²) in [5.41, 5.74) is 8.94. The molecule has 0 atom stereocenters. The summed E-state index contributed by atoms with van der Waals surface area (Å²) < 4.78 is 15.1. The van der Waals surface area contributed by atoms with Crippen LogP contribution in [0.25, 0.3) is 67.1 Å². The molecule has 0 fully saturated rings. The summed E-state index contributed by atoms with van der Waals surface area (Å²) in [4.78, 5) is 28.7. The zero-order valence-electron chi connectivity index (χ0n) is 33.3. The molecule has 0 radical (unpaired) electrons. The number of para-hydroxylation sites is 3. The van der Waals surface area contributed by atoms with E-state index in [1.54, 1.807) is 34.0 Å². The van der Waals surface area contributed by atoms with Crippen LogP contribution in [0.5, 0.6) is 5.75 Å². The summed E-state index contributed by atoms with van der Waals surface area (Å²) in [5.74, 6) is 0.480. The van der Waals surface area contributed by atoms with Gasteiger partial charge in [0.15, 0.2) is 0 Å². The third-order valence-corrected chi connectivity index (χ3v) is 12.8. The van der Waals surface area contributed by atoms with E-state index < -0.39 is 0 Å². The summed E-state index contributed by atoms with van der Waals surface area (Å²) in [7, 11) is 0. The van der Waals surface area contributed by atoms with E-state index in [4.69, 9.17) is 24.4 Å². The number of thiazole rings is 3. The third kappa shape index (κ3) is 9.68. The highest BCUT2D eigenvalue weighted by molar-refractivity contribution is 7.20. The van der Waals surface area contributed by atoms with Gasteiger partial charge >= 0.3 is 5.97 Å². The van der Waals surface area contributed by atoms with Crippen molar-refractivity contribution in [3.63, 3.8) is 0 Å². The molecule has 0 saturated carbocycles. The van der Waals surface area contributed by atoms with Crippen molar-refractivity contribution >= 4 is 124 Å². The SMILES string of the molecule is CCOC(=O)CCCOc1cc(N(c2ccc(/C=C/c3nc4ccccc4s3)cc2)c2ccc(/C=C/c3nc4ccccc4s3)cc2)ccc1/C=C/c1nc2ccccc2s1. The molecule has 0 aliphatic heterocycles. The molecule has 0 bridgehead atoms. The molecule has 9 rings (SSSR count). The first-order valence-corrected chi connectivity index (χ1v) is 22.5. The van der Waals surface area contributed by atoms with E-state index >= 15 is 0 Å². The van der Waals surface area contributed by atoms with Gasteiger partial charge in [0, 0.05) is 35.1 Å². The van der Waals surface area contributed by atoms with Gasteiger partial charge in [-0.3, -0.25) is 4.79 Å². The van der Waals surface area contributed by atoms with Crippen LogP contribution >= 0.6 is 34.0 Å². The molecule has 9 aromatic rings. The maximum Gasteiger partial charge on any atom is 0.305 e. The minimum Gasteiger partial charge on any atom is -0.493 e. The number of nitrogens with zero attached hydrogens (tertiary/aromatic N) is 4. The molecule has 300 valence electrons. The number of aromatic nitrogens is 3. The van der Waals surface area contributed by atoms with E-state index in [2.05, 4.69) is 114 Å². The Labute approximate surface area is 366 Å². The lowest BCUT2D eigenvalue weighted by molar-refractivity contribution is -0.143. The summed E-state index contributed by atoms with van der Waals surface area (Å²) in [6, 6.07) is 47.9. The van der Waals surface area contributed by atoms with Gasteiger partial charge in [-0.25, -0.2) is 15.0 Å². The van der Waals surface area contributed by atoms with Crippen LogP contribution in [0.4, 0.5) is 17.1 Å². The first kappa shape index (κ1) is 39.7. The zero-order chi connectivity index (χ0) is 41.4. The van der Waals surface area contributed by atoms with E-state index in [0.29, 0.717) is 25.4 Å². The molecule has 0 amide bonds. The minimum absolute atomic E-state index is 0.223. The number of carbonyl (C=O) groups is 1. The molecule has 0 N–H and O–H groups in total. The van der Waals surface area contributed by atoms with Gasteiger partial charge in [-0.2, -0.15) is 0 Å². The lowest BCUT2D eigenvalue weighted by Crippen LogP contribution is -2.11. The van der Waals surface area contributed by atoms with Crippen LogP contribution in [-0.4, -0.2) is 34.1 Å². The molecule has 6 aromatic carbocycles. The zero-order valence-corrected chi connectivity index (χ0v) is 35.8. The number of ether oxygens (including phenoxy) is 2. The van der Waals surface area contributed by atoms with Gasteiger partial charge in [-0.1, -0.05) is 72.8 Å². The van der Waals surface area contributed by atoms with Gasteiger partial charge in [0.2, 0.25) is 0 Å². The average Bonchev–Trinajstić information content (AvgIpc) is 4.03. The van der Waals surface area contributed by atoms with Gasteiger partial charge in [0.25, 0.3) is 0 Å². The van der Waals surface area contributed by atoms with Crippen molar-refractivity contribution in [3.05, 3.63) is 171 Å². The smallest absolute Gasteiger partial charge is 0.305 e. The van der Waals surface area contributed by atoms with Crippen LogP contribution in [0.1, 0.15) is 51.5 Å². The number of hydrogen-bond donors (Lipinski definition) is 0. The molecule has 0 unspecified atom stereocenters. The normalized spacial score (nSPS) is 11.8. The number of benzene rings is 6. The van der Waals surface area contributed by atoms with Crippen molar-refractivity contribution < 1.29 is 14.3 Å². The monoisotopic (exact) mass is 852 g/mol. The Kier molecular flexibility index (Phi) is 12.2. The van der Waals surface area contributed by atoms with Gasteiger partial charge in [0.05, 0.1) is 43.9 Å². The van der Waals surface area contributed by atoms with E-state index in [1.807, 2.05) is 73.7 Å². The van der Waals surface area contributed by atoms with Crippen molar-refractivity contribution in [2.75, 3.05) is 18.1 Å². The van der Waals surface area contributed by atoms with E-state index in [0.717, 1.165) is 70.0 Å². The fraction of sp³-hybridized carbons (Fsp3) is 0.0980. The van der Waals surface area contributed by atoms with Crippen molar-refractivity contribution in [3.8, 4) is 5.75 Å². The van der Waals surface area contributed by atoms with Crippen LogP contribution in [0.2, 0.25) is 0 Å². The number of rotatable bonds is 15. The molecule has 10 heteroatoms. The molecule has 3 heterocycles. The van der Waals surface area contributed by atoms with Crippen LogP contribution < -0.4 is 9.64 Å². The fourth-order valence-corrected chi connectivity index (χ4v) is 9.46. The Balaban J connectivity index is 1.04. The quantitative estimate of drug-likeness (QED) is 0.0751. The predicted molar refractivity (Wildman–Crippen MR) is 258 cm³/mol. The first-order chi connectivity index (χ1) is 30.0. The standard InChI is InChI=1S/C51H40N4O3S3/c1-2-57-51(56)16-9-33-58-44-34-40(29-23-37(44)24-32-50-54-43-12-5-8-15-47(43)61-50)55(38-25-17-35(18-26-38)21-30-48-52-41-10-3-6-13-45(41)59-48)39-27-19-36(20-28-39)22-31-49-53-42-11-4-7-14-46(42)60-49/h3-8,10-15,17-32,34H,2,9,16,33H2,1H3/b30-21+,31-22+,32-24+. The van der Waals surface area contributed by atoms with Crippen LogP contribution in [0, 0.1) is 0 Å². The van der Waals surface area contributed by atoms with Gasteiger partial charge < -0.3 is 14.4 Å². The van der Waals surface area contributed by atoms with Gasteiger partial charge in [-0.05, 0) is 122 Å². The summed E-state index contributed by atoms with van der Waals surface area (Å²) in [6.07, 6.45) is 13.3. The highest BCUT2D eigenvalue weighted by atomic mass is 32.1. The number of esters is 1. The largest absolute Gasteiger partial charge is 0.493 e. The lowest BCUT2D eigenvalue weighted by Gasteiger charge is -2.26. The molecule has 0 aliphatic carbocycles. The molecule has 0 aliphatic rings. The molecule has 3 aromatic heterocycles. The second-order valence-electron chi connectivity index (χ2n) is 14.1. The Morgan fingerprint density at radius 2 is 1.02 bits per heavy atom. The Morgan fingerprint density at radius 1 is 0.557 bits per heavy atom. The predicted octanol–water partition coefficient (Wildman–Crippen LogP) is 14.2. The van der Waals surface area contributed by atoms with Crippen molar-refractivity contribution in [1.29, 1.82) is 0 Å². The molecule has 7 nitrogen and oxygen atoms in total. The summed E-state index contributed by atoms with van der Waals surface area (Å²) in [5, 5.41) is 2.85. The molecule has 0 saturated heterocycles. The Bertz CT molecular complexity index is 2810. The van der Waals surface area contributed by atoms with Crippen LogP contribution in [0.3, 0.4) is 0 Å². The van der Waals surface area contributed by atoms with Gasteiger partial charge in [-0.15, -0.1) is 34.0 Å². The highest BCUT2D eigenvalue weighted by Gasteiger charge is 2.16. The van der Waals surface area contributed by atoms with E-state index in [1.165, 1.54) is 9.40 Å². The minimum atomic E-state index is -0.223. The maximum absolute atomic E-state index is 12.1. The third-order valence-electron chi connectivity index (χ3n) is 9.82. The molecule has 0 spiro atoms. The fourth-order valence-electron chi connectivity index (χ4n) is 6.85. The van der Waals surface area contributed by atoms with Crippen molar-refractivity contribution in [2.45, 2.75) is 19.8 Å². The Morgan fingerprint density at radius 3 is 1.49 bits per heavy atom. The average molecular weight is 853 g/mol. The lowest BCUT2D eigenvalue weighted by atomic mass is 10.1. The highest BCUT2D eigenvalue weighted by Crippen LogP contribution is 2.39. The van der Waals surface area contributed by atoms with E-state index in [9.17, 15) is 4.79 Å². The number of fused-ring (bicyclic) bond motifs is 3. The van der Waals surface area contributed by atoms with Crippen molar-refractivity contribution in [2.24, 2.45) is 0 Å². The maximum atomic E-state index is 12.1. The molecule has 61 heavy (non-hydrogen) atoms. The van der Waals surface area contributed by atoms with Crippen LogP contribution in [-0.2, 0) is 9.53 Å². The summed E-state index contributed by atoms with van der Waals surface area (Å²) >= 11 is 5.01. The number of carbonyl (C=O) groups excluding carboxylic acids is 1. The second kappa shape index (κ2) is 18.7. The first-order valence-electron chi connectivity index (χ1n) is 20.1. The topological polar surface area (TPSA) is 77.4 Å². The van der Waals surface area contributed by atoms with E-state index in [-0.39, 0.29) is 12.4 Å².